The summed E-state index contributed by atoms with van der Waals surface area (Å²) in [5, 5.41) is 3.71. The molecule has 1 aromatic heterocycles. The Morgan fingerprint density at radius 3 is 2.94 bits per heavy atom. The number of carbonyl (C=O) groups excluding carboxylic acids is 1. The van der Waals surface area contributed by atoms with Gasteiger partial charge < -0.3 is 19.9 Å². The molecule has 1 amide bonds. The molecule has 1 heterocycles. The molecule has 1 aromatic rings. The number of ether oxygens (including phenoxy) is 1. The maximum absolute atomic E-state index is 12.1. The highest BCUT2D eigenvalue weighted by molar-refractivity contribution is 7.80. The van der Waals surface area contributed by atoms with E-state index in [1.54, 1.807) is 18.1 Å². The van der Waals surface area contributed by atoms with Crippen molar-refractivity contribution in [1.82, 2.24) is 10.1 Å². The third-order valence-corrected chi connectivity index (χ3v) is 2.32. The highest BCUT2D eigenvalue weighted by Crippen LogP contribution is 2.08. The molecule has 18 heavy (non-hydrogen) atoms. The van der Waals surface area contributed by atoms with E-state index in [-0.39, 0.29) is 29.7 Å². The molecular weight excluding hydrogens is 254 g/mol. The second-order valence-electron chi connectivity index (χ2n) is 3.80. The van der Waals surface area contributed by atoms with Gasteiger partial charge in [-0.25, -0.2) is 0 Å². The maximum atomic E-state index is 12.1. The normalized spacial score (nSPS) is 10.3. The molecule has 0 atom stereocenters. The van der Waals surface area contributed by atoms with Crippen molar-refractivity contribution in [3.63, 3.8) is 0 Å². The Hall–Kier alpha value is -1.47. The van der Waals surface area contributed by atoms with Gasteiger partial charge in [0.05, 0.1) is 11.5 Å². The van der Waals surface area contributed by atoms with E-state index in [0.29, 0.717) is 12.3 Å². The average molecular weight is 271 g/mol. The zero-order valence-electron chi connectivity index (χ0n) is 10.5. The fraction of sp³-hybridized carbons (Fsp3) is 0.545. The van der Waals surface area contributed by atoms with Crippen molar-refractivity contribution in [1.29, 1.82) is 0 Å². The van der Waals surface area contributed by atoms with Crippen LogP contribution in [0.2, 0.25) is 0 Å². The van der Waals surface area contributed by atoms with Crippen LogP contribution in [0.3, 0.4) is 0 Å². The minimum atomic E-state index is -0.240. The van der Waals surface area contributed by atoms with Crippen molar-refractivity contribution >= 4 is 23.1 Å². The van der Waals surface area contributed by atoms with E-state index in [1.807, 2.05) is 6.92 Å². The molecule has 0 radical (unpaired) electrons. The van der Waals surface area contributed by atoms with Crippen LogP contribution >= 0.6 is 12.2 Å². The largest absolute Gasteiger partial charge is 0.392 e. The number of nitrogens with two attached hydrogens (primary N) is 1. The van der Waals surface area contributed by atoms with E-state index in [9.17, 15) is 4.79 Å². The molecule has 0 fully saturated rings. The van der Waals surface area contributed by atoms with Gasteiger partial charge in [-0.2, -0.15) is 0 Å². The monoisotopic (exact) mass is 271 g/mol. The summed E-state index contributed by atoms with van der Waals surface area (Å²) in [5.41, 5.74) is 5.71. The predicted octanol–water partition coefficient (Wildman–Crippen LogP) is 0.959. The van der Waals surface area contributed by atoms with Crippen molar-refractivity contribution in [3.8, 4) is 0 Å². The molecule has 0 saturated carbocycles. The van der Waals surface area contributed by atoms with Crippen LogP contribution < -0.4 is 5.73 Å². The maximum Gasteiger partial charge on any atom is 0.276 e. The Balaban J connectivity index is 2.77. The molecule has 0 aliphatic carbocycles. The number of nitrogens with zero attached hydrogens (tertiary/aromatic N) is 2. The molecule has 6 nitrogen and oxygen atoms in total. The van der Waals surface area contributed by atoms with Crippen LogP contribution in [0.4, 0.5) is 0 Å². The number of hydrogen-bond acceptors (Lipinski definition) is 5. The number of aromatic nitrogens is 1. The Bertz CT molecular complexity index is 419. The van der Waals surface area contributed by atoms with E-state index < -0.39 is 0 Å². The molecule has 0 spiro atoms. The number of rotatable bonds is 7. The fourth-order valence-corrected chi connectivity index (χ4v) is 1.65. The van der Waals surface area contributed by atoms with E-state index in [4.69, 9.17) is 27.2 Å². The molecule has 2 N–H and O–H groups in total. The van der Waals surface area contributed by atoms with Gasteiger partial charge in [0, 0.05) is 19.7 Å². The lowest BCUT2D eigenvalue weighted by Crippen LogP contribution is -2.38. The van der Waals surface area contributed by atoms with Gasteiger partial charge in [-0.05, 0) is 6.42 Å². The standard InChI is InChI=1S/C11H17N3O3S/c1-3-4-14(6-10(12)18)11(15)9-5-8(7-16-2)17-13-9/h5H,3-4,6-7H2,1-2H3,(H2,12,18). The molecule has 0 unspecified atom stereocenters. The molecule has 0 aliphatic rings. The fourth-order valence-electron chi connectivity index (χ4n) is 1.50. The molecule has 0 bridgehead atoms. The molecule has 7 heteroatoms. The van der Waals surface area contributed by atoms with Crippen LogP contribution in [0.5, 0.6) is 0 Å². The lowest BCUT2D eigenvalue weighted by atomic mass is 10.3. The van der Waals surface area contributed by atoms with Crippen molar-refractivity contribution < 1.29 is 14.1 Å². The van der Waals surface area contributed by atoms with Gasteiger partial charge in [-0.3, -0.25) is 4.79 Å². The number of carbonyl (C=O) groups is 1. The van der Waals surface area contributed by atoms with E-state index in [1.165, 1.54) is 0 Å². The summed E-state index contributed by atoms with van der Waals surface area (Å²) < 4.78 is 9.87. The first-order valence-corrected chi connectivity index (χ1v) is 6.01. The zero-order chi connectivity index (χ0) is 13.5. The molecule has 100 valence electrons. The smallest absolute Gasteiger partial charge is 0.276 e. The predicted molar refractivity (Wildman–Crippen MR) is 70.2 cm³/mol. The van der Waals surface area contributed by atoms with Gasteiger partial charge in [-0.1, -0.05) is 24.3 Å². The Kier molecular flexibility index (Phi) is 5.73. The number of amides is 1. The van der Waals surface area contributed by atoms with E-state index in [0.717, 1.165) is 6.42 Å². The van der Waals surface area contributed by atoms with Gasteiger partial charge in [0.1, 0.15) is 6.61 Å². The van der Waals surface area contributed by atoms with Crippen LogP contribution in [0.25, 0.3) is 0 Å². The van der Waals surface area contributed by atoms with Gasteiger partial charge in [0.15, 0.2) is 11.5 Å². The summed E-state index contributed by atoms with van der Waals surface area (Å²) >= 11 is 4.82. The van der Waals surface area contributed by atoms with Crippen LogP contribution in [0, 0.1) is 0 Å². The first-order valence-electron chi connectivity index (χ1n) is 5.60. The van der Waals surface area contributed by atoms with Crippen molar-refractivity contribution in [2.24, 2.45) is 5.73 Å². The number of methoxy groups -OCH3 is 1. The lowest BCUT2D eigenvalue weighted by molar-refractivity contribution is 0.0769. The third kappa shape index (κ3) is 4.08. The van der Waals surface area contributed by atoms with Crippen molar-refractivity contribution in [2.75, 3.05) is 20.2 Å². The summed E-state index contributed by atoms with van der Waals surface area (Å²) in [6.45, 7) is 3.07. The SMILES string of the molecule is CCCN(CC(N)=S)C(=O)c1cc(COC)on1. The van der Waals surface area contributed by atoms with Crippen LogP contribution in [0.1, 0.15) is 29.6 Å². The van der Waals surface area contributed by atoms with Gasteiger partial charge >= 0.3 is 0 Å². The molecule has 0 saturated heterocycles. The summed E-state index contributed by atoms with van der Waals surface area (Å²) in [6.07, 6.45) is 0.817. The molecule has 1 rings (SSSR count). The Morgan fingerprint density at radius 1 is 1.67 bits per heavy atom. The third-order valence-electron chi connectivity index (χ3n) is 2.19. The number of hydrogen-bond donors (Lipinski definition) is 1. The Labute approximate surface area is 111 Å². The second kappa shape index (κ2) is 7.07. The first kappa shape index (κ1) is 14.6. The topological polar surface area (TPSA) is 81.6 Å². The second-order valence-corrected chi connectivity index (χ2v) is 4.33. The Morgan fingerprint density at radius 2 is 2.39 bits per heavy atom. The van der Waals surface area contributed by atoms with Crippen LogP contribution in [0.15, 0.2) is 10.6 Å². The number of thiocarbonyl (C=S) groups is 1. The first-order chi connectivity index (χ1) is 8.58. The minimum Gasteiger partial charge on any atom is -0.392 e. The summed E-state index contributed by atoms with van der Waals surface area (Å²) in [6, 6.07) is 1.56. The highest BCUT2D eigenvalue weighted by Gasteiger charge is 2.19. The molecule has 0 aliphatic heterocycles. The van der Waals surface area contributed by atoms with E-state index >= 15 is 0 Å². The summed E-state index contributed by atoms with van der Waals surface area (Å²) in [7, 11) is 1.54. The molecule has 0 aromatic carbocycles. The van der Waals surface area contributed by atoms with Gasteiger partial charge in [-0.15, -0.1) is 0 Å². The van der Waals surface area contributed by atoms with Gasteiger partial charge in [0.2, 0.25) is 0 Å². The van der Waals surface area contributed by atoms with Crippen LogP contribution in [-0.2, 0) is 11.3 Å². The van der Waals surface area contributed by atoms with Gasteiger partial charge in [0.25, 0.3) is 5.91 Å². The van der Waals surface area contributed by atoms with E-state index in [2.05, 4.69) is 5.16 Å². The van der Waals surface area contributed by atoms with Crippen molar-refractivity contribution in [2.45, 2.75) is 20.0 Å². The van der Waals surface area contributed by atoms with Crippen LogP contribution in [-0.4, -0.2) is 41.2 Å². The van der Waals surface area contributed by atoms with Crippen molar-refractivity contribution in [3.05, 3.63) is 17.5 Å². The summed E-state index contributed by atoms with van der Waals surface area (Å²) in [4.78, 5) is 14.0. The molecular formula is C11H17N3O3S. The lowest BCUT2D eigenvalue weighted by Gasteiger charge is -2.19. The highest BCUT2D eigenvalue weighted by atomic mass is 32.1. The summed E-state index contributed by atoms with van der Waals surface area (Å²) in [5.74, 6) is 0.267. The minimum absolute atomic E-state index is 0.240. The quantitative estimate of drug-likeness (QED) is 0.744. The average Bonchev–Trinajstić information content (AvgIpc) is 2.76. The zero-order valence-corrected chi connectivity index (χ0v) is 11.3.